The predicted octanol–water partition coefficient (Wildman–Crippen LogP) is 2.73. The number of rotatable bonds is 3. The molecule has 4 heterocycles. The largest absolute Gasteiger partial charge is 0.508 e. The molecule has 2 aromatic rings. The van der Waals surface area contributed by atoms with Crippen molar-refractivity contribution in [2.75, 3.05) is 19.6 Å². The van der Waals surface area contributed by atoms with Crippen LogP contribution in [0.5, 0.6) is 11.5 Å². The molecule has 3 atom stereocenters. The number of nitrogens with zero attached hydrogens (tertiary/aromatic N) is 2. The summed E-state index contributed by atoms with van der Waals surface area (Å²) in [4.78, 5) is 17.9. The fourth-order valence-corrected chi connectivity index (χ4v) is 5.64. The molecule has 6 rings (SSSR count). The number of hydrogen-bond donors (Lipinski definition) is 2. The third-order valence-electron chi connectivity index (χ3n) is 6.90. The number of carbonyl (C=O) groups excluding carboxylic acids is 1. The molecule has 4 aliphatic rings. The van der Waals surface area contributed by atoms with Gasteiger partial charge in [0.15, 0.2) is 0 Å². The number of piperidine rings is 3. The molecule has 0 aliphatic carbocycles. The van der Waals surface area contributed by atoms with Crippen LogP contribution in [0, 0.1) is 5.92 Å². The average Bonchev–Trinajstić information content (AvgIpc) is 3.14. The average molecular weight is 378 g/mol. The van der Waals surface area contributed by atoms with Gasteiger partial charge in [0, 0.05) is 18.5 Å². The van der Waals surface area contributed by atoms with Gasteiger partial charge in [0.2, 0.25) is 5.91 Å². The highest BCUT2D eigenvalue weighted by Crippen LogP contribution is 2.47. The van der Waals surface area contributed by atoms with E-state index in [1.54, 1.807) is 18.2 Å². The van der Waals surface area contributed by atoms with Gasteiger partial charge in [0.25, 0.3) is 0 Å². The molecule has 28 heavy (non-hydrogen) atoms. The molecule has 0 radical (unpaired) electrons. The van der Waals surface area contributed by atoms with Gasteiger partial charge in [-0.25, -0.2) is 0 Å². The van der Waals surface area contributed by atoms with Gasteiger partial charge in [-0.3, -0.25) is 9.69 Å². The molecule has 0 spiro atoms. The summed E-state index contributed by atoms with van der Waals surface area (Å²) in [5.74, 6) is 1.49. The topological polar surface area (TPSA) is 64.0 Å². The second-order valence-corrected chi connectivity index (χ2v) is 8.45. The Morgan fingerprint density at radius 3 is 2.43 bits per heavy atom. The molecule has 1 amide bonds. The number of aromatic hydroxyl groups is 2. The van der Waals surface area contributed by atoms with Crippen molar-refractivity contribution in [1.82, 2.24) is 9.80 Å². The van der Waals surface area contributed by atoms with Gasteiger partial charge >= 0.3 is 0 Å². The minimum Gasteiger partial charge on any atom is -0.508 e. The summed E-state index contributed by atoms with van der Waals surface area (Å²) in [5.41, 5.74) is 2.06. The molecule has 0 aromatic heterocycles. The quantitative estimate of drug-likeness (QED) is 0.862. The van der Waals surface area contributed by atoms with Crippen LogP contribution in [0.15, 0.2) is 48.5 Å². The van der Waals surface area contributed by atoms with Gasteiger partial charge in [-0.05, 0) is 67.2 Å². The van der Waals surface area contributed by atoms with Gasteiger partial charge in [-0.1, -0.05) is 24.3 Å². The van der Waals surface area contributed by atoms with Crippen LogP contribution in [0.4, 0.5) is 0 Å². The number of benzene rings is 2. The smallest absolute Gasteiger partial charge is 0.227 e. The second kappa shape index (κ2) is 6.82. The number of phenols is 2. The first-order chi connectivity index (χ1) is 13.6. The van der Waals surface area contributed by atoms with Crippen molar-refractivity contribution < 1.29 is 15.0 Å². The predicted molar refractivity (Wildman–Crippen MR) is 106 cm³/mol. The Hall–Kier alpha value is -2.53. The van der Waals surface area contributed by atoms with Gasteiger partial charge in [0.1, 0.15) is 11.5 Å². The Kier molecular flexibility index (Phi) is 4.27. The van der Waals surface area contributed by atoms with Crippen molar-refractivity contribution in [1.29, 1.82) is 0 Å². The van der Waals surface area contributed by atoms with E-state index in [0.717, 1.165) is 37.1 Å². The Bertz CT molecular complexity index is 874. The molecule has 0 saturated carbocycles. The molecule has 5 nitrogen and oxygen atoms in total. The summed E-state index contributed by atoms with van der Waals surface area (Å²) in [6, 6.07) is 15.1. The van der Waals surface area contributed by atoms with Gasteiger partial charge in [-0.15, -0.1) is 0 Å². The number of carbonyl (C=O) groups is 1. The van der Waals surface area contributed by atoms with Crippen LogP contribution in [-0.4, -0.2) is 57.6 Å². The first kappa shape index (κ1) is 17.6. The summed E-state index contributed by atoms with van der Waals surface area (Å²) in [6.45, 7) is 2.94. The van der Waals surface area contributed by atoms with E-state index in [9.17, 15) is 15.0 Å². The number of phenolic OH excluding ortho intramolecular Hbond substituents is 2. The maximum Gasteiger partial charge on any atom is 0.227 e. The first-order valence-electron chi connectivity index (χ1n) is 10.2. The summed E-state index contributed by atoms with van der Waals surface area (Å²) >= 11 is 0. The molecule has 5 heteroatoms. The lowest BCUT2D eigenvalue weighted by atomic mass is 9.75. The maximum atomic E-state index is 13.3. The monoisotopic (exact) mass is 378 g/mol. The third kappa shape index (κ3) is 2.94. The molecule has 146 valence electrons. The van der Waals surface area contributed by atoms with Crippen LogP contribution in [0.2, 0.25) is 0 Å². The van der Waals surface area contributed by atoms with E-state index >= 15 is 0 Å². The fraction of sp³-hybridized carbons (Fsp3) is 0.435. The highest BCUT2D eigenvalue weighted by Gasteiger charge is 2.54. The van der Waals surface area contributed by atoms with Crippen LogP contribution in [0.3, 0.4) is 0 Å². The standard InChI is InChI=1S/C23H26N2O3/c26-18-6-4-15(5-7-18)12-21(28)25-14-20(17-2-1-3-19(27)13-17)23-22(25)16-8-10-24(23)11-9-16/h1-7,13,16,20,22-23,26-27H,8-12,14H2/t20-,22+,23+/m1/s1. The highest BCUT2D eigenvalue weighted by molar-refractivity contribution is 5.80. The van der Waals surface area contributed by atoms with Crippen LogP contribution in [0.1, 0.15) is 29.9 Å². The molecule has 4 fully saturated rings. The fourth-order valence-electron chi connectivity index (χ4n) is 5.64. The van der Waals surface area contributed by atoms with Crippen LogP contribution in [0.25, 0.3) is 0 Å². The van der Waals surface area contributed by atoms with E-state index in [2.05, 4.69) is 15.9 Å². The van der Waals surface area contributed by atoms with Crippen LogP contribution in [-0.2, 0) is 11.2 Å². The first-order valence-corrected chi connectivity index (χ1v) is 10.2. The van der Waals surface area contributed by atoms with Crippen molar-refractivity contribution in [3.05, 3.63) is 59.7 Å². The van der Waals surface area contributed by atoms with Crippen LogP contribution >= 0.6 is 0 Å². The molecular weight excluding hydrogens is 352 g/mol. The molecule has 2 N–H and O–H groups in total. The molecule has 2 bridgehead atoms. The molecule has 0 unspecified atom stereocenters. The lowest BCUT2D eigenvalue weighted by Gasteiger charge is -2.51. The van der Waals surface area contributed by atoms with Crippen molar-refractivity contribution in [3.8, 4) is 11.5 Å². The Balaban J connectivity index is 1.44. The van der Waals surface area contributed by atoms with E-state index in [0.29, 0.717) is 30.7 Å². The summed E-state index contributed by atoms with van der Waals surface area (Å²) in [7, 11) is 0. The van der Waals surface area contributed by atoms with Gasteiger partial charge < -0.3 is 15.1 Å². The number of hydrogen-bond acceptors (Lipinski definition) is 4. The maximum absolute atomic E-state index is 13.3. The van der Waals surface area contributed by atoms with Gasteiger partial charge in [0.05, 0.1) is 12.5 Å². The zero-order chi connectivity index (χ0) is 19.3. The highest BCUT2D eigenvalue weighted by atomic mass is 16.3. The lowest BCUT2D eigenvalue weighted by molar-refractivity contribution is -0.135. The molecular formula is C23H26N2O3. The number of likely N-dealkylation sites (tertiary alicyclic amines) is 1. The molecule has 2 aromatic carbocycles. The van der Waals surface area contributed by atoms with E-state index in [1.165, 1.54) is 0 Å². The van der Waals surface area contributed by atoms with Gasteiger partial charge in [-0.2, -0.15) is 0 Å². The van der Waals surface area contributed by atoms with E-state index in [-0.39, 0.29) is 23.6 Å². The summed E-state index contributed by atoms with van der Waals surface area (Å²) < 4.78 is 0. The van der Waals surface area contributed by atoms with E-state index in [4.69, 9.17) is 0 Å². The Labute approximate surface area is 165 Å². The SMILES string of the molecule is O=C(Cc1ccc(O)cc1)N1C[C@H](c2cccc(O)c2)[C@H]2[C@@H]1C1CCN2CC1. The number of amides is 1. The second-order valence-electron chi connectivity index (χ2n) is 8.45. The Morgan fingerprint density at radius 2 is 1.71 bits per heavy atom. The van der Waals surface area contributed by atoms with E-state index < -0.39 is 0 Å². The number of fused-ring (bicyclic) bond motifs is 2. The summed E-state index contributed by atoms with van der Waals surface area (Å²) in [5, 5.41) is 19.5. The lowest BCUT2D eigenvalue weighted by Crippen LogP contribution is -2.60. The summed E-state index contributed by atoms with van der Waals surface area (Å²) in [6.07, 6.45) is 2.69. The minimum atomic E-state index is 0.164. The Morgan fingerprint density at radius 1 is 0.964 bits per heavy atom. The van der Waals surface area contributed by atoms with Crippen molar-refractivity contribution in [2.24, 2.45) is 5.92 Å². The van der Waals surface area contributed by atoms with E-state index in [1.807, 2.05) is 24.3 Å². The third-order valence-corrected chi connectivity index (χ3v) is 6.90. The molecule has 4 aliphatic heterocycles. The van der Waals surface area contributed by atoms with Crippen molar-refractivity contribution in [2.45, 2.75) is 37.3 Å². The zero-order valence-electron chi connectivity index (χ0n) is 15.9. The normalized spacial score (nSPS) is 31.0. The minimum absolute atomic E-state index is 0.164. The zero-order valence-corrected chi connectivity index (χ0v) is 15.9. The van der Waals surface area contributed by atoms with Crippen molar-refractivity contribution >= 4 is 5.91 Å². The molecule has 4 saturated heterocycles. The van der Waals surface area contributed by atoms with Crippen LogP contribution < -0.4 is 0 Å². The van der Waals surface area contributed by atoms with Crippen molar-refractivity contribution in [3.63, 3.8) is 0 Å².